The molecule has 0 saturated heterocycles. The van der Waals surface area contributed by atoms with Gasteiger partial charge in [-0.2, -0.15) is 0 Å². The molecule has 0 aliphatic carbocycles. The summed E-state index contributed by atoms with van der Waals surface area (Å²) >= 11 is 0. The summed E-state index contributed by atoms with van der Waals surface area (Å²) in [6.07, 6.45) is 0. The minimum Gasteiger partial charge on any atom is -0.309 e. The maximum atomic E-state index is 5.16. The Hall–Kier alpha value is -14.6. The van der Waals surface area contributed by atoms with Crippen LogP contribution in [0.15, 0.2) is 388 Å². The molecular weight excluding hydrogens is 1310 g/mol. The van der Waals surface area contributed by atoms with Gasteiger partial charge in [0.2, 0.25) is 0 Å². The Labute approximate surface area is 621 Å². The highest BCUT2D eigenvalue weighted by Crippen LogP contribution is 2.46. The predicted molar refractivity (Wildman–Crippen MR) is 449 cm³/mol. The van der Waals surface area contributed by atoms with Crippen LogP contribution in [0.1, 0.15) is 0 Å². The lowest BCUT2D eigenvalue weighted by Gasteiger charge is -2.13. The van der Waals surface area contributed by atoms with Crippen LogP contribution in [0.3, 0.4) is 0 Å². The van der Waals surface area contributed by atoms with Crippen LogP contribution in [0.2, 0.25) is 0 Å². The Kier molecular flexibility index (Phi) is 14.7. The largest absolute Gasteiger partial charge is 0.309 e. The second kappa shape index (κ2) is 25.7. The topological polar surface area (TPSA) is 71.3 Å². The van der Waals surface area contributed by atoms with Crippen molar-refractivity contribution >= 4 is 109 Å². The maximum Gasteiger partial charge on any atom is 0.160 e. The van der Waals surface area contributed by atoms with Crippen LogP contribution in [-0.2, 0) is 0 Å². The molecule has 504 valence electrons. The zero-order chi connectivity index (χ0) is 71.2. The fourth-order valence-electron chi connectivity index (χ4n) is 16.7. The lowest BCUT2D eigenvalue weighted by atomic mass is 9.99. The lowest BCUT2D eigenvalue weighted by Crippen LogP contribution is -1.97. The first-order valence-corrected chi connectivity index (χ1v) is 36.7. The number of nitrogens with zero attached hydrogens (tertiary/aromatic N) is 8. The molecule has 0 unspecified atom stereocenters. The van der Waals surface area contributed by atoms with Crippen molar-refractivity contribution in [2.75, 3.05) is 0 Å². The van der Waals surface area contributed by atoms with Gasteiger partial charge in [-0.25, -0.2) is 19.9 Å². The standard InChI is InChI=1S/2C50H32N4/c1-4-15-33(16-5-1)42-32-43(52-50(51-42)34-17-6-2-7-18-34)39-24-14-19-35-31-37(27-28-38(35)39)54-45-26-13-11-23-41(45)49-47(54)30-29-46-48(49)40-22-10-12-25-44(40)53(46)36-20-8-3-9-21-36;1-4-15-33(16-5-1)41-32-42(34-17-6-2-7-18-34)52-50(51-41)36-27-28-38-35(31-36)19-14-26-43(38)54-45-25-13-11-23-40(45)49-47(54)30-29-46-48(49)39-22-10-12-24-44(39)53(46)37-20-8-3-9-21-37/h2*1-32H. The summed E-state index contributed by atoms with van der Waals surface area (Å²) in [6.45, 7) is 0. The minimum absolute atomic E-state index is 0.705. The molecule has 0 radical (unpaired) electrons. The number of rotatable bonds is 10. The highest BCUT2D eigenvalue weighted by Gasteiger charge is 2.25. The molecule has 0 aliphatic rings. The number of benzene rings is 16. The molecule has 0 N–H and O–H groups in total. The van der Waals surface area contributed by atoms with Crippen LogP contribution in [0.25, 0.3) is 199 Å². The van der Waals surface area contributed by atoms with E-state index in [0.29, 0.717) is 11.6 Å². The molecule has 6 heterocycles. The zero-order valence-corrected chi connectivity index (χ0v) is 58.5. The molecule has 108 heavy (non-hydrogen) atoms. The van der Waals surface area contributed by atoms with Crippen molar-refractivity contribution in [3.8, 4) is 90.6 Å². The minimum atomic E-state index is 0.705. The molecule has 0 amide bonds. The maximum absolute atomic E-state index is 5.16. The number of para-hydroxylation sites is 6. The predicted octanol–water partition coefficient (Wildman–Crippen LogP) is 25.7. The van der Waals surface area contributed by atoms with Crippen LogP contribution in [0.4, 0.5) is 0 Å². The van der Waals surface area contributed by atoms with Crippen LogP contribution in [0.5, 0.6) is 0 Å². The van der Waals surface area contributed by atoms with Crippen LogP contribution in [0, 0.1) is 0 Å². The van der Waals surface area contributed by atoms with E-state index in [9.17, 15) is 0 Å². The summed E-state index contributed by atoms with van der Waals surface area (Å²) in [5.41, 5.74) is 24.0. The summed E-state index contributed by atoms with van der Waals surface area (Å²) in [7, 11) is 0. The first kappa shape index (κ1) is 62.0. The molecule has 8 heteroatoms. The average Bonchev–Trinajstić information content (AvgIpc) is 1.55. The SMILES string of the molecule is c1ccc(-c2cc(-c3cccc4cc(-n5c6ccccc6c6c7c8ccccc8n(-c8ccccc8)c7ccc65)ccc34)nc(-c3ccccc3)n2)cc1.c1ccc(-c2cc(-c3ccccc3)nc(-c3ccc4c(-n5c6ccccc6c6c7c8ccccc8n(-c8ccccc8)c7ccc65)cccc4c3)n2)cc1. The molecular formula is C100H64N8. The van der Waals surface area contributed by atoms with Gasteiger partial charge in [0, 0.05) is 98.9 Å². The third kappa shape index (κ3) is 10.3. The Balaban J connectivity index is 0.000000138. The van der Waals surface area contributed by atoms with Crippen LogP contribution < -0.4 is 0 Å². The smallest absolute Gasteiger partial charge is 0.160 e. The molecule has 0 atom stereocenters. The molecule has 22 rings (SSSR count). The fraction of sp³-hybridized carbons (Fsp3) is 0. The second-order valence-electron chi connectivity index (χ2n) is 27.6. The van der Waals surface area contributed by atoms with Crippen molar-refractivity contribution in [1.29, 1.82) is 0 Å². The van der Waals surface area contributed by atoms with Crippen molar-refractivity contribution in [3.63, 3.8) is 0 Å². The number of aromatic nitrogens is 8. The van der Waals surface area contributed by atoms with Crippen molar-refractivity contribution in [2.45, 2.75) is 0 Å². The molecule has 22 aromatic rings. The van der Waals surface area contributed by atoms with E-state index < -0.39 is 0 Å². The Morgan fingerprint density at radius 2 is 0.519 bits per heavy atom. The van der Waals surface area contributed by atoms with E-state index in [1.807, 2.05) is 36.4 Å². The summed E-state index contributed by atoms with van der Waals surface area (Å²) in [5, 5.41) is 14.7. The highest BCUT2D eigenvalue weighted by atomic mass is 15.0. The number of fused-ring (bicyclic) bond motifs is 16. The van der Waals surface area contributed by atoms with E-state index in [0.717, 1.165) is 95.1 Å². The van der Waals surface area contributed by atoms with Crippen molar-refractivity contribution < 1.29 is 0 Å². The second-order valence-corrected chi connectivity index (χ2v) is 27.6. The molecule has 16 aromatic carbocycles. The molecule has 0 fully saturated rings. The van der Waals surface area contributed by atoms with Crippen molar-refractivity contribution in [2.24, 2.45) is 0 Å². The van der Waals surface area contributed by atoms with E-state index in [1.54, 1.807) is 0 Å². The Morgan fingerprint density at radius 1 is 0.176 bits per heavy atom. The van der Waals surface area contributed by atoms with E-state index in [2.05, 4.69) is 370 Å². The molecule has 0 spiro atoms. The van der Waals surface area contributed by atoms with Gasteiger partial charge in [0.1, 0.15) is 0 Å². The van der Waals surface area contributed by atoms with Crippen molar-refractivity contribution in [1.82, 2.24) is 38.2 Å². The van der Waals surface area contributed by atoms with Gasteiger partial charge in [-0.05, 0) is 125 Å². The van der Waals surface area contributed by atoms with Crippen molar-refractivity contribution in [3.05, 3.63) is 388 Å². The third-order valence-corrected chi connectivity index (χ3v) is 21.4. The highest BCUT2D eigenvalue weighted by molar-refractivity contribution is 6.30. The van der Waals surface area contributed by atoms with E-state index in [4.69, 9.17) is 19.9 Å². The number of hydrogen-bond acceptors (Lipinski definition) is 4. The molecule has 6 aromatic heterocycles. The number of hydrogen-bond donors (Lipinski definition) is 0. The van der Waals surface area contributed by atoms with Gasteiger partial charge in [0.05, 0.1) is 72.6 Å². The summed E-state index contributed by atoms with van der Waals surface area (Å²) in [6, 6.07) is 138. The van der Waals surface area contributed by atoms with E-state index in [1.165, 1.54) is 92.6 Å². The van der Waals surface area contributed by atoms with E-state index in [-0.39, 0.29) is 0 Å². The first-order valence-electron chi connectivity index (χ1n) is 36.7. The summed E-state index contributed by atoms with van der Waals surface area (Å²) in [4.78, 5) is 20.4. The quantitative estimate of drug-likeness (QED) is 0.137. The van der Waals surface area contributed by atoms with Crippen LogP contribution >= 0.6 is 0 Å². The lowest BCUT2D eigenvalue weighted by molar-refractivity contribution is 1.17. The van der Waals surface area contributed by atoms with Gasteiger partial charge in [-0.1, -0.05) is 279 Å². The normalized spacial score (nSPS) is 11.7. The van der Waals surface area contributed by atoms with Gasteiger partial charge in [-0.15, -0.1) is 0 Å². The Bertz CT molecular complexity index is 7150. The van der Waals surface area contributed by atoms with Crippen LogP contribution in [-0.4, -0.2) is 38.2 Å². The summed E-state index contributed by atoms with van der Waals surface area (Å²) in [5.74, 6) is 1.42. The monoisotopic (exact) mass is 1380 g/mol. The van der Waals surface area contributed by atoms with Gasteiger partial charge in [0.15, 0.2) is 11.6 Å². The fourth-order valence-corrected chi connectivity index (χ4v) is 16.7. The third-order valence-electron chi connectivity index (χ3n) is 21.4. The van der Waals surface area contributed by atoms with Gasteiger partial charge in [0.25, 0.3) is 0 Å². The van der Waals surface area contributed by atoms with Gasteiger partial charge < -0.3 is 18.3 Å². The van der Waals surface area contributed by atoms with Gasteiger partial charge in [-0.3, -0.25) is 0 Å². The van der Waals surface area contributed by atoms with Gasteiger partial charge >= 0.3 is 0 Å². The summed E-state index contributed by atoms with van der Waals surface area (Å²) < 4.78 is 9.67. The molecule has 0 bridgehead atoms. The first-order chi connectivity index (χ1) is 53.6. The zero-order valence-electron chi connectivity index (χ0n) is 58.5. The molecule has 0 saturated carbocycles. The molecule has 8 nitrogen and oxygen atoms in total. The molecule has 0 aliphatic heterocycles. The Morgan fingerprint density at radius 3 is 0.981 bits per heavy atom. The van der Waals surface area contributed by atoms with E-state index >= 15 is 0 Å². The average molecular weight is 1380 g/mol.